The van der Waals surface area contributed by atoms with E-state index in [1.165, 1.54) is 51.4 Å². The fraction of sp³-hybridized carbons (Fsp3) is 1.00. The van der Waals surface area contributed by atoms with Gasteiger partial charge in [-0.1, -0.05) is 20.3 Å². The largest absolute Gasteiger partial charge is 0.353 e. The highest BCUT2D eigenvalue weighted by Crippen LogP contribution is 2.67. The van der Waals surface area contributed by atoms with E-state index in [0.717, 1.165) is 36.5 Å². The molecular formula is C21H36O2. The minimum Gasteiger partial charge on any atom is -0.353 e. The predicted octanol–water partition coefficient (Wildman–Crippen LogP) is 5.41. The molecule has 4 saturated carbocycles. The predicted molar refractivity (Wildman–Crippen MR) is 93.1 cm³/mol. The molecule has 2 heteroatoms. The van der Waals surface area contributed by atoms with Crippen LogP contribution in [0, 0.1) is 34.5 Å². The van der Waals surface area contributed by atoms with Gasteiger partial charge in [0, 0.05) is 27.1 Å². The standard InChI is InChI=1S/C21H36O2/c1-19-10-5-6-17(19)16-8-7-15-14-21(22-3,23-4)13-12-20(15,2)18(16)9-11-19/h15-18H,5-14H2,1-4H3. The van der Waals surface area contributed by atoms with Gasteiger partial charge in [-0.15, -0.1) is 0 Å². The first-order chi connectivity index (χ1) is 11.0. The van der Waals surface area contributed by atoms with Gasteiger partial charge in [-0.25, -0.2) is 0 Å². The quantitative estimate of drug-likeness (QED) is 0.633. The number of hydrogen-bond acceptors (Lipinski definition) is 2. The van der Waals surface area contributed by atoms with Gasteiger partial charge >= 0.3 is 0 Å². The molecule has 0 spiro atoms. The summed E-state index contributed by atoms with van der Waals surface area (Å²) >= 11 is 0. The van der Waals surface area contributed by atoms with Gasteiger partial charge in [0.25, 0.3) is 0 Å². The molecule has 2 nitrogen and oxygen atoms in total. The molecule has 0 radical (unpaired) electrons. The number of fused-ring (bicyclic) bond motifs is 5. The molecule has 4 aliphatic carbocycles. The number of methoxy groups -OCH3 is 2. The molecule has 0 aromatic carbocycles. The molecule has 0 saturated heterocycles. The van der Waals surface area contributed by atoms with Gasteiger partial charge in [0.05, 0.1) is 0 Å². The summed E-state index contributed by atoms with van der Waals surface area (Å²) in [7, 11) is 3.67. The Balaban J connectivity index is 1.59. The molecular weight excluding hydrogens is 284 g/mol. The van der Waals surface area contributed by atoms with Crippen molar-refractivity contribution in [3.8, 4) is 0 Å². The van der Waals surface area contributed by atoms with Crippen molar-refractivity contribution < 1.29 is 9.47 Å². The van der Waals surface area contributed by atoms with E-state index in [4.69, 9.17) is 9.47 Å². The lowest BCUT2D eigenvalue weighted by molar-refractivity contribution is -0.261. The van der Waals surface area contributed by atoms with E-state index < -0.39 is 0 Å². The van der Waals surface area contributed by atoms with E-state index in [1.807, 2.05) is 14.2 Å². The molecule has 0 bridgehead atoms. The smallest absolute Gasteiger partial charge is 0.167 e. The Labute approximate surface area is 142 Å². The Bertz CT molecular complexity index is 457. The Kier molecular flexibility index (Phi) is 3.89. The van der Waals surface area contributed by atoms with Crippen LogP contribution < -0.4 is 0 Å². The number of rotatable bonds is 2. The fourth-order valence-corrected chi connectivity index (χ4v) is 7.64. The monoisotopic (exact) mass is 320 g/mol. The lowest BCUT2D eigenvalue weighted by Gasteiger charge is -2.61. The molecule has 6 atom stereocenters. The lowest BCUT2D eigenvalue weighted by atomic mass is 9.45. The van der Waals surface area contributed by atoms with Crippen molar-refractivity contribution in [2.45, 2.75) is 83.8 Å². The number of ether oxygens (including phenoxy) is 2. The second-order valence-electron chi connectivity index (χ2n) is 9.76. The van der Waals surface area contributed by atoms with E-state index in [-0.39, 0.29) is 5.79 Å². The van der Waals surface area contributed by atoms with Crippen LogP contribution in [0.2, 0.25) is 0 Å². The van der Waals surface area contributed by atoms with E-state index >= 15 is 0 Å². The van der Waals surface area contributed by atoms with Gasteiger partial charge in [-0.05, 0) is 79.4 Å². The van der Waals surface area contributed by atoms with E-state index in [1.54, 1.807) is 0 Å². The summed E-state index contributed by atoms with van der Waals surface area (Å²) in [5.74, 6) is 3.49. The third-order valence-electron chi connectivity index (χ3n) is 9.19. The molecule has 0 amide bonds. The van der Waals surface area contributed by atoms with Gasteiger partial charge < -0.3 is 9.47 Å². The van der Waals surface area contributed by atoms with E-state index in [0.29, 0.717) is 10.8 Å². The zero-order valence-corrected chi connectivity index (χ0v) is 15.7. The van der Waals surface area contributed by atoms with Crippen LogP contribution in [0.5, 0.6) is 0 Å². The second-order valence-corrected chi connectivity index (χ2v) is 9.76. The summed E-state index contributed by atoms with van der Waals surface area (Å²) in [6, 6.07) is 0. The van der Waals surface area contributed by atoms with Gasteiger partial charge in [-0.3, -0.25) is 0 Å². The third kappa shape index (κ3) is 2.27. The van der Waals surface area contributed by atoms with Crippen molar-refractivity contribution in [2.24, 2.45) is 34.5 Å². The molecule has 6 unspecified atom stereocenters. The lowest BCUT2D eigenvalue weighted by Crippen LogP contribution is -2.56. The van der Waals surface area contributed by atoms with Crippen LogP contribution in [-0.4, -0.2) is 20.0 Å². The fourth-order valence-electron chi connectivity index (χ4n) is 7.64. The molecule has 0 heterocycles. The van der Waals surface area contributed by atoms with Crippen LogP contribution in [0.4, 0.5) is 0 Å². The molecule has 0 aromatic heterocycles. The maximum atomic E-state index is 5.82. The van der Waals surface area contributed by atoms with E-state index in [9.17, 15) is 0 Å². The second kappa shape index (κ2) is 5.46. The van der Waals surface area contributed by atoms with Gasteiger partial charge in [0.2, 0.25) is 0 Å². The van der Waals surface area contributed by atoms with Crippen LogP contribution in [0.15, 0.2) is 0 Å². The molecule has 4 fully saturated rings. The zero-order chi connectivity index (χ0) is 16.3. The first-order valence-electron chi connectivity index (χ1n) is 10.1. The van der Waals surface area contributed by atoms with Gasteiger partial charge in [-0.2, -0.15) is 0 Å². The Morgan fingerprint density at radius 2 is 1.57 bits per heavy atom. The number of hydrogen-bond donors (Lipinski definition) is 0. The van der Waals surface area contributed by atoms with Crippen LogP contribution in [0.25, 0.3) is 0 Å². The van der Waals surface area contributed by atoms with Crippen molar-refractivity contribution in [3.05, 3.63) is 0 Å². The van der Waals surface area contributed by atoms with Crippen molar-refractivity contribution in [2.75, 3.05) is 14.2 Å². The summed E-state index contributed by atoms with van der Waals surface area (Å²) < 4.78 is 11.6. The minimum absolute atomic E-state index is 0.298. The summed E-state index contributed by atoms with van der Waals surface area (Å²) in [5, 5.41) is 0. The Morgan fingerprint density at radius 1 is 0.783 bits per heavy atom. The highest BCUT2D eigenvalue weighted by molar-refractivity contribution is 5.08. The van der Waals surface area contributed by atoms with Crippen LogP contribution >= 0.6 is 0 Å². The molecule has 0 N–H and O–H groups in total. The maximum Gasteiger partial charge on any atom is 0.167 e. The molecule has 0 aromatic rings. The Morgan fingerprint density at radius 3 is 2.30 bits per heavy atom. The maximum absolute atomic E-state index is 5.82. The van der Waals surface area contributed by atoms with Crippen LogP contribution in [0.1, 0.15) is 78.1 Å². The zero-order valence-electron chi connectivity index (χ0n) is 15.7. The molecule has 23 heavy (non-hydrogen) atoms. The summed E-state index contributed by atoms with van der Waals surface area (Å²) in [5.41, 5.74) is 1.22. The normalized spacial score (nSPS) is 51.7. The molecule has 4 rings (SSSR count). The first-order valence-corrected chi connectivity index (χ1v) is 10.1. The third-order valence-corrected chi connectivity index (χ3v) is 9.19. The Hall–Kier alpha value is -0.0800. The molecule has 4 aliphatic rings. The molecule has 0 aliphatic heterocycles. The van der Waals surface area contributed by atoms with Crippen LogP contribution in [0.3, 0.4) is 0 Å². The van der Waals surface area contributed by atoms with Crippen molar-refractivity contribution in [1.82, 2.24) is 0 Å². The van der Waals surface area contributed by atoms with Gasteiger partial charge in [0.15, 0.2) is 5.79 Å². The highest BCUT2D eigenvalue weighted by atomic mass is 16.7. The summed E-state index contributed by atoms with van der Waals surface area (Å²) in [6.07, 6.45) is 13.8. The van der Waals surface area contributed by atoms with Crippen molar-refractivity contribution in [3.63, 3.8) is 0 Å². The summed E-state index contributed by atoms with van der Waals surface area (Å²) in [6.45, 7) is 5.23. The van der Waals surface area contributed by atoms with Crippen molar-refractivity contribution in [1.29, 1.82) is 0 Å². The van der Waals surface area contributed by atoms with Crippen LogP contribution in [-0.2, 0) is 9.47 Å². The minimum atomic E-state index is -0.298. The average Bonchev–Trinajstić information content (AvgIpc) is 2.96. The summed E-state index contributed by atoms with van der Waals surface area (Å²) in [4.78, 5) is 0. The average molecular weight is 321 g/mol. The van der Waals surface area contributed by atoms with Crippen molar-refractivity contribution >= 4 is 0 Å². The topological polar surface area (TPSA) is 18.5 Å². The van der Waals surface area contributed by atoms with E-state index in [2.05, 4.69) is 13.8 Å². The highest BCUT2D eigenvalue weighted by Gasteiger charge is 2.59. The first kappa shape index (κ1) is 16.4. The van der Waals surface area contributed by atoms with Gasteiger partial charge in [0.1, 0.15) is 0 Å². The SMILES string of the molecule is COC1(OC)CCC2(C)C(CCC3C4CCCC4(C)CCC32)C1. The molecule has 132 valence electrons.